The molecule has 0 saturated heterocycles. The number of unbranched alkanes of at least 4 members (excludes halogenated alkanes) is 6. The van der Waals surface area contributed by atoms with Crippen LogP contribution in [0.25, 0.3) is 0 Å². The van der Waals surface area contributed by atoms with E-state index in [0.717, 1.165) is 49.2 Å². The number of anilines is 2. The molecule has 0 aliphatic rings. The summed E-state index contributed by atoms with van der Waals surface area (Å²) in [6.45, 7) is 7.16. The fourth-order valence-corrected chi connectivity index (χ4v) is 3.84. The highest BCUT2D eigenvalue weighted by Crippen LogP contribution is 2.22. The van der Waals surface area contributed by atoms with Gasteiger partial charge in [0.15, 0.2) is 5.11 Å². The van der Waals surface area contributed by atoms with Gasteiger partial charge in [0.25, 0.3) is 5.91 Å². The molecule has 0 aliphatic carbocycles. The highest BCUT2D eigenvalue weighted by Gasteiger charge is 2.15. The lowest BCUT2D eigenvalue weighted by Crippen LogP contribution is -2.34. The SMILES string of the molecule is CC(C)(C)c1ccc(C(=O)NC(=S)Nc2ccc(NC(=O)CCCCCCCCCN)cc2)cc1. The Labute approximate surface area is 215 Å². The normalized spacial score (nSPS) is 11.1. The molecule has 190 valence electrons. The number of hydrogen-bond acceptors (Lipinski definition) is 4. The minimum Gasteiger partial charge on any atom is -0.332 e. The van der Waals surface area contributed by atoms with Gasteiger partial charge in [0, 0.05) is 23.4 Å². The molecule has 5 N–H and O–H groups in total. The minimum atomic E-state index is -0.262. The third kappa shape index (κ3) is 11.0. The predicted octanol–water partition coefficient (Wildman–Crippen LogP) is 6.13. The van der Waals surface area contributed by atoms with Gasteiger partial charge in [0.05, 0.1) is 0 Å². The standard InChI is InChI=1S/C28H40N4O2S/c1-28(2,3)22-14-12-21(13-15-22)26(34)32-27(35)31-24-18-16-23(17-19-24)30-25(33)11-9-7-5-4-6-8-10-20-29/h12-19H,4-11,20,29H2,1-3H3,(H,30,33)(H2,31,32,34,35). The Bertz CT molecular complexity index is 950. The molecule has 0 aromatic heterocycles. The second-order valence-electron chi connectivity index (χ2n) is 9.87. The molecule has 0 atom stereocenters. The highest BCUT2D eigenvalue weighted by molar-refractivity contribution is 7.80. The fraction of sp³-hybridized carbons (Fsp3) is 0.464. The van der Waals surface area contributed by atoms with Gasteiger partial charge in [-0.15, -0.1) is 0 Å². The van der Waals surface area contributed by atoms with E-state index in [4.69, 9.17) is 18.0 Å². The lowest BCUT2D eigenvalue weighted by molar-refractivity contribution is -0.116. The molecule has 35 heavy (non-hydrogen) atoms. The molecule has 0 saturated carbocycles. The van der Waals surface area contributed by atoms with Crippen molar-refractivity contribution in [1.82, 2.24) is 5.32 Å². The van der Waals surface area contributed by atoms with E-state index in [1.165, 1.54) is 19.3 Å². The van der Waals surface area contributed by atoms with Crippen LogP contribution in [-0.4, -0.2) is 23.5 Å². The van der Waals surface area contributed by atoms with Gasteiger partial charge in [-0.25, -0.2) is 0 Å². The quantitative estimate of drug-likeness (QED) is 0.209. The molecule has 0 radical (unpaired) electrons. The van der Waals surface area contributed by atoms with Crippen LogP contribution in [-0.2, 0) is 10.2 Å². The van der Waals surface area contributed by atoms with Gasteiger partial charge in [-0.1, -0.05) is 65.0 Å². The zero-order valence-corrected chi connectivity index (χ0v) is 22.1. The van der Waals surface area contributed by atoms with Crippen LogP contribution in [0.4, 0.5) is 11.4 Å². The van der Waals surface area contributed by atoms with Crippen molar-refractivity contribution in [2.45, 2.75) is 77.6 Å². The number of carbonyl (C=O) groups excluding carboxylic acids is 2. The summed E-state index contributed by atoms with van der Waals surface area (Å²) in [6, 6.07) is 14.8. The van der Waals surface area contributed by atoms with Gasteiger partial charge in [0.2, 0.25) is 5.91 Å². The minimum absolute atomic E-state index is 0.0223. The maximum atomic E-state index is 12.5. The molecule has 2 amide bonds. The van der Waals surface area contributed by atoms with E-state index in [9.17, 15) is 9.59 Å². The third-order valence-electron chi connectivity index (χ3n) is 5.77. The first-order valence-corrected chi connectivity index (χ1v) is 12.9. The van der Waals surface area contributed by atoms with Gasteiger partial charge >= 0.3 is 0 Å². The molecule has 2 aromatic rings. The molecule has 0 bridgehead atoms. The summed E-state index contributed by atoms with van der Waals surface area (Å²) in [5.41, 5.74) is 8.70. The molecule has 2 rings (SSSR count). The lowest BCUT2D eigenvalue weighted by atomic mass is 9.87. The van der Waals surface area contributed by atoms with E-state index in [2.05, 4.69) is 36.7 Å². The van der Waals surface area contributed by atoms with Gasteiger partial charge in [-0.2, -0.15) is 0 Å². The van der Waals surface area contributed by atoms with Crippen molar-refractivity contribution >= 4 is 40.5 Å². The van der Waals surface area contributed by atoms with Crippen LogP contribution in [0.15, 0.2) is 48.5 Å². The van der Waals surface area contributed by atoms with Crippen molar-refractivity contribution in [3.8, 4) is 0 Å². The third-order valence-corrected chi connectivity index (χ3v) is 5.98. The molecule has 7 heteroatoms. The van der Waals surface area contributed by atoms with E-state index >= 15 is 0 Å². The second-order valence-corrected chi connectivity index (χ2v) is 10.3. The number of amides is 2. The number of rotatable bonds is 12. The van der Waals surface area contributed by atoms with Crippen LogP contribution < -0.4 is 21.7 Å². The highest BCUT2D eigenvalue weighted by atomic mass is 32.1. The first kappa shape index (κ1) is 28.5. The van der Waals surface area contributed by atoms with Crippen molar-refractivity contribution < 1.29 is 9.59 Å². The number of carbonyl (C=O) groups is 2. The molecule has 0 heterocycles. The maximum absolute atomic E-state index is 12.5. The average molecular weight is 497 g/mol. The number of thiocarbonyl (C=S) groups is 1. The number of hydrogen-bond donors (Lipinski definition) is 4. The Kier molecular flexibility index (Phi) is 11.9. The Morgan fingerprint density at radius 2 is 1.29 bits per heavy atom. The van der Waals surface area contributed by atoms with Gasteiger partial charge in [0.1, 0.15) is 0 Å². The molecule has 0 spiro atoms. The Morgan fingerprint density at radius 3 is 1.83 bits per heavy atom. The summed E-state index contributed by atoms with van der Waals surface area (Å²) in [5.74, 6) is -0.239. The summed E-state index contributed by atoms with van der Waals surface area (Å²) in [7, 11) is 0. The molecule has 0 aliphatic heterocycles. The van der Waals surface area contributed by atoms with Crippen LogP contribution in [0, 0.1) is 0 Å². The molecule has 6 nitrogen and oxygen atoms in total. The van der Waals surface area contributed by atoms with Gasteiger partial charge in [-0.05, 0) is 79.0 Å². The van der Waals surface area contributed by atoms with Crippen LogP contribution in [0.1, 0.15) is 88.1 Å². The van der Waals surface area contributed by atoms with Crippen LogP contribution in [0.5, 0.6) is 0 Å². The first-order chi connectivity index (χ1) is 16.7. The summed E-state index contributed by atoms with van der Waals surface area (Å²) < 4.78 is 0. The lowest BCUT2D eigenvalue weighted by Gasteiger charge is -2.19. The number of nitrogens with one attached hydrogen (secondary N) is 3. The Morgan fingerprint density at radius 1 is 0.771 bits per heavy atom. The van der Waals surface area contributed by atoms with Crippen molar-refractivity contribution in [3.63, 3.8) is 0 Å². The van der Waals surface area contributed by atoms with Crippen LogP contribution >= 0.6 is 12.2 Å². The van der Waals surface area contributed by atoms with Gasteiger partial charge < -0.3 is 16.4 Å². The van der Waals surface area contributed by atoms with Gasteiger partial charge in [-0.3, -0.25) is 14.9 Å². The van der Waals surface area contributed by atoms with E-state index in [-0.39, 0.29) is 22.3 Å². The second kappa shape index (κ2) is 14.6. The van der Waals surface area contributed by atoms with E-state index in [1.54, 1.807) is 12.1 Å². The average Bonchev–Trinajstić information content (AvgIpc) is 2.81. The largest absolute Gasteiger partial charge is 0.332 e. The number of benzene rings is 2. The summed E-state index contributed by atoms with van der Waals surface area (Å²) in [4.78, 5) is 24.6. The van der Waals surface area contributed by atoms with Crippen molar-refractivity contribution in [2.24, 2.45) is 5.73 Å². The van der Waals surface area contributed by atoms with Crippen LogP contribution in [0.2, 0.25) is 0 Å². The fourth-order valence-electron chi connectivity index (χ4n) is 3.63. The summed E-state index contributed by atoms with van der Waals surface area (Å²) in [6.07, 6.45) is 8.39. The monoisotopic (exact) mass is 496 g/mol. The summed E-state index contributed by atoms with van der Waals surface area (Å²) in [5, 5.41) is 8.85. The van der Waals surface area contributed by atoms with E-state index in [0.29, 0.717) is 12.0 Å². The molecule has 2 aromatic carbocycles. The van der Waals surface area contributed by atoms with Crippen molar-refractivity contribution in [3.05, 3.63) is 59.7 Å². The van der Waals surface area contributed by atoms with Crippen LogP contribution in [0.3, 0.4) is 0 Å². The Balaban J connectivity index is 1.70. The molecular formula is C28H40N4O2S. The summed E-state index contributed by atoms with van der Waals surface area (Å²) >= 11 is 5.28. The predicted molar refractivity (Wildman–Crippen MR) is 150 cm³/mol. The molecule has 0 fully saturated rings. The zero-order chi connectivity index (χ0) is 25.7. The topological polar surface area (TPSA) is 96.2 Å². The zero-order valence-electron chi connectivity index (χ0n) is 21.3. The Hall–Kier alpha value is -2.77. The van der Waals surface area contributed by atoms with Crippen molar-refractivity contribution in [1.29, 1.82) is 0 Å². The number of nitrogens with two attached hydrogens (primary N) is 1. The maximum Gasteiger partial charge on any atom is 0.257 e. The van der Waals surface area contributed by atoms with Crippen molar-refractivity contribution in [2.75, 3.05) is 17.2 Å². The molecular weight excluding hydrogens is 456 g/mol. The first-order valence-electron chi connectivity index (χ1n) is 12.5. The smallest absolute Gasteiger partial charge is 0.257 e. The van der Waals surface area contributed by atoms with E-state index in [1.807, 2.05) is 36.4 Å². The van der Waals surface area contributed by atoms with E-state index < -0.39 is 0 Å². The molecule has 0 unspecified atom stereocenters.